The first kappa shape index (κ1) is 20.6. The predicted octanol–water partition coefficient (Wildman–Crippen LogP) is 4.03. The molecule has 5 nitrogen and oxygen atoms in total. The van der Waals surface area contributed by atoms with E-state index in [1.807, 2.05) is 53.5 Å². The lowest BCUT2D eigenvalue weighted by atomic mass is 9.96. The molecule has 1 amide bonds. The van der Waals surface area contributed by atoms with E-state index < -0.39 is 0 Å². The summed E-state index contributed by atoms with van der Waals surface area (Å²) in [5.74, 6) is -0.201. The number of esters is 1. The smallest absolute Gasteiger partial charge is 0.410 e. The number of hydrogen-bond acceptors (Lipinski definition) is 4. The summed E-state index contributed by atoms with van der Waals surface area (Å²) in [6.45, 7) is 0.945. The van der Waals surface area contributed by atoms with Gasteiger partial charge in [0, 0.05) is 6.54 Å². The van der Waals surface area contributed by atoms with Gasteiger partial charge in [-0.05, 0) is 29.9 Å². The quantitative estimate of drug-likeness (QED) is 0.477. The molecule has 152 valence electrons. The molecule has 0 saturated carbocycles. The normalized spacial score (nSPS) is 17.3. The van der Waals surface area contributed by atoms with Crippen LogP contribution in [0.1, 0.15) is 17.5 Å². The zero-order valence-corrected chi connectivity index (χ0v) is 16.7. The Kier molecular flexibility index (Phi) is 7.45. The van der Waals surface area contributed by atoms with Crippen LogP contribution in [0.5, 0.6) is 0 Å². The molecule has 0 aliphatic carbocycles. The number of cyclic esters (lactones) is 1. The van der Waals surface area contributed by atoms with Crippen molar-refractivity contribution in [3.8, 4) is 0 Å². The summed E-state index contributed by atoms with van der Waals surface area (Å²) >= 11 is 0. The summed E-state index contributed by atoms with van der Waals surface area (Å²) in [4.78, 5) is 25.7. The van der Waals surface area contributed by atoms with E-state index in [-0.39, 0.29) is 30.4 Å². The molecule has 2 aromatic carbocycles. The first-order valence-electron chi connectivity index (χ1n) is 9.90. The first-order valence-corrected chi connectivity index (χ1v) is 9.90. The lowest BCUT2D eigenvalue weighted by Gasteiger charge is -2.25. The molecule has 1 heterocycles. The SMILES string of the molecule is COC(=O)CC=C[C@H](Cc1ccccc1)CN1C(=O)OC[C@@H]1Cc1ccccc1. The molecular formula is C24H27NO4. The van der Waals surface area contributed by atoms with Crippen molar-refractivity contribution in [1.29, 1.82) is 0 Å². The standard InChI is InChI=1S/C24H27NO4/c1-28-23(26)14-8-13-21(15-19-9-4-2-5-10-19)17-25-22(18-29-24(25)27)16-20-11-6-3-7-12-20/h2-13,21-22H,14-18H2,1H3/t21-,22+/m1/s1. The van der Waals surface area contributed by atoms with Crippen LogP contribution in [0.2, 0.25) is 0 Å². The van der Waals surface area contributed by atoms with E-state index in [4.69, 9.17) is 9.47 Å². The van der Waals surface area contributed by atoms with Gasteiger partial charge in [0.25, 0.3) is 0 Å². The lowest BCUT2D eigenvalue weighted by Crippen LogP contribution is -2.38. The summed E-state index contributed by atoms with van der Waals surface area (Å²) in [7, 11) is 1.38. The zero-order chi connectivity index (χ0) is 20.5. The number of carbonyl (C=O) groups is 2. The predicted molar refractivity (Wildman–Crippen MR) is 111 cm³/mol. The number of methoxy groups -OCH3 is 1. The number of hydrogen-bond donors (Lipinski definition) is 0. The molecule has 1 saturated heterocycles. The molecule has 2 aromatic rings. The Morgan fingerprint density at radius 3 is 2.45 bits per heavy atom. The van der Waals surface area contributed by atoms with Gasteiger partial charge in [0.05, 0.1) is 19.6 Å². The molecule has 0 unspecified atom stereocenters. The van der Waals surface area contributed by atoms with Gasteiger partial charge in [0.15, 0.2) is 0 Å². The largest absolute Gasteiger partial charge is 0.469 e. The molecule has 2 atom stereocenters. The van der Waals surface area contributed by atoms with Crippen LogP contribution < -0.4 is 0 Å². The van der Waals surface area contributed by atoms with Crippen molar-refractivity contribution < 1.29 is 19.1 Å². The average Bonchev–Trinajstić information content (AvgIpc) is 3.08. The lowest BCUT2D eigenvalue weighted by molar-refractivity contribution is -0.139. The fourth-order valence-corrected chi connectivity index (χ4v) is 3.57. The van der Waals surface area contributed by atoms with E-state index in [9.17, 15) is 9.59 Å². The first-order chi connectivity index (χ1) is 14.2. The molecule has 1 aliphatic heterocycles. The van der Waals surface area contributed by atoms with Crippen molar-refractivity contribution in [2.75, 3.05) is 20.3 Å². The summed E-state index contributed by atoms with van der Waals surface area (Å²) in [5, 5.41) is 0. The Hall–Kier alpha value is -3.08. The highest BCUT2D eigenvalue weighted by Gasteiger charge is 2.34. The summed E-state index contributed by atoms with van der Waals surface area (Å²) in [6.07, 6.45) is 5.32. The Labute approximate surface area is 171 Å². The molecule has 3 rings (SSSR count). The Balaban J connectivity index is 1.71. The fraction of sp³-hybridized carbons (Fsp3) is 0.333. The molecule has 1 fully saturated rings. The third-order valence-electron chi connectivity index (χ3n) is 5.08. The van der Waals surface area contributed by atoms with Crippen molar-refractivity contribution in [3.05, 3.63) is 83.9 Å². The highest BCUT2D eigenvalue weighted by Crippen LogP contribution is 2.21. The second-order valence-corrected chi connectivity index (χ2v) is 7.23. The van der Waals surface area contributed by atoms with Gasteiger partial charge in [0.1, 0.15) is 6.61 Å². The molecule has 0 spiro atoms. The van der Waals surface area contributed by atoms with Crippen LogP contribution in [0.25, 0.3) is 0 Å². The van der Waals surface area contributed by atoms with Crippen LogP contribution in [0.15, 0.2) is 72.8 Å². The molecule has 0 N–H and O–H groups in total. The zero-order valence-electron chi connectivity index (χ0n) is 16.7. The third kappa shape index (κ3) is 6.21. The Morgan fingerprint density at radius 2 is 1.79 bits per heavy atom. The van der Waals surface area contributed by atoms with Gasteiger partial charge in [0.2, 0.25) is 0 Å². The van der Waals surface area contributed by atoms with Gasteiger partial charge >= 0.3 is 12.1 Å². The van der Waals surface area contributed by atoms with Crippen LogP contribution >= 0.6 is 0 Å². The number of amides is 1. The van der Waals surface area contributed by atoms with Crippen LogP contribution in [0.4, 0.5) is 4.79 Å². The van der Waals surface area contributed by atoms with Gasteiger partial charge < -0.3 is 14.4 Å². The Morgan fingerprint density at radius 1 is 1.14 bits per heavy atom. The van der Waals surface area contributed by atoms with Gasteiger partial charge in [-0.15, -0.1) is 0 Å². The van der Waals surface area contributed by atoms with E-state index in [1.54, 1.807) is 0 Å². The number of benzene rings is 2. The van der Waals surface area contributed by atoms with Crippen molar-refractivity contribution in [2.45, 2.75) is 25.3 Å². The molecular weight excluding hydrogens is 366 g/mol. The molecule has 1 aliphatic rings. The second-order valence-electron chi connectivity index (χ2n) is 7.23. The fourth-order valence-electron chi connectivity index (χ4n) is 3.57. The molecule has 0 bridgehead atoms. The highest BCUT2D eigenvalue weighted by atomic mass is 16.6. The van der Waals surface area contributed by atoms with E-state index in [0.717, 1.165) is 12.8 Å². The maximum Gasteiger partial charge on any atom is 0.410 e. The minimum Gasteiger partial charge on any atom is -0.469 e. The number of nitrogens with zero attached hydrogens (tertiary/aromatic N) is 1. The Bertz CT molecular complexity index is 819. The maximum absolute atomic E-state index is 12.4. The van der Waals surface area contributed by atoms with Crippen LogP contribution in [-0.4, -0.2) is 43.3 Å². The van der Waals surface area contributed by atoms with Crippen molar-refractivity contribution in [3.63, 3.8) is 0 Å². The summed E-state index contributed by atoms with van der Waals surface area (Å²) < 4.78 is 10.1. The van der Waals surface area contributed by atoms with E-state index >= 15 is 0 Å². The number of ether oxygens (including phenoxy) is 2. The van der Waals surface area contributed by atoms with E-state index in [2.05, 4.69) is 24.3 Å². The van der Waals surface area contributed by atoms with Crippen molar-refractivity contribution in [1.82, 2.24) is 4.90 Å². The molecule has 5 heteroatoms. The highest BCUT2D eigenvalue weighted by molar-refractivity contribution is 5.71. The van der Waals surface area contributed by atoms with Crippen molar-refractivity contribution >= 4 is 12.1 Å². The summed E-state index contributed by atoms with van der Waals surface area (Å²) in [5.41, 5.74) is 2.37. The van der Waals surface area contributed by atoms with Gasteiger partial charge in [-0.3, -0.25) is 4.79 Å². The summed E-state index contributed by atoms with van der Waals surface area (Å²) in [6, 6.07) is 20.3. The van der Waals surface area contributed by atoms with Crippen molar-refractivity contribution in [2.24, 2.45) is 5.92 Å². The minimum atomic E-state index is -0.276. The topological polar surface area (TPSA) is 55.8 Å². The second kappa shape index (κ2) is 10.5. The van der Waals surface area contributed by atoms with Gasteiger partial charge in [-0.1, -0.05) is 72.8 Å². The molecule has 0 aromatic heterocycles. The van der Waals surface area contributed by atoms with Crippen LogP contribution in [0.3, 0.4) is 0 Å². The third-order valence-corrected chi connectivity index (χ3v) is 5.08. The van der Waals surface area contributed by atoms with E-state index in [0.29, 0.717) is 13.2 Å². The molecule has 0 radical (unpaired) electrons. The monoisotopic (exact) mass is 393 g/mol. The average molecular weight is 393 g/mol. The van der Waals surface area contributed by atoms with Gasteiger partial charge in [-0.2, -0.15) is 0 Å². The minimum absolute atomic E-state index is 0.0113. The van der Waals surface area contributed by atoms with Crippen LogP contribution in [-0.2, 0) is 27.1 Å². The van der Waals surface area contributed by atoms with Gasteiger partial charge in [-0.25, -0.2) is 4.79 Å². The maximum atomic E-state index is 12.4. The number of rotatable bonds is 9. The van der Waals surface area contributed by atoms with Crippen LogP contribution in [0, 0.1) is 5.92 Å². The molecule has 29 heavy (non-hydrogen) atoms. The number of carbonyl (C=O) groups excluding carboxylic acids is 2. The van der Waals surface area contributed by atoms with E-state index in [1.165, 1.54) is 18.2 Å².